The van der Waals surface area contributed by atoms with Crippen LogP contribution in [0.5, 0.6) is 0 Å². The van der Waals surface area contributed by atoms with Gasteiger partial charge in [-0.15, -0.1) is 24.0 Å². The number of guanidine groups is 1. The van der Waals surface area contributed by atoms with Crippen LogP contribution >= 0.6 is 47.2 Å². The number of aliphatic imine (C=N–C) groups is 1. The number of nitrogens with one attached hydrogen (secondary N) is 3. The Morgan fingerprint density at radius 2 is 2.07 bits per heavy atom. The summed E-state index contributed by atoms with van der Waals surface area (Å²) in [5.41, 5.74) is 0. The molecule has 0 bridgehead atoms. The molecule has 0 atom stereocenters. The summed E-state index contributed by atoms with van der Waals surface area (Å²) in [7, 11) is 0. The molecule has 3 N–H and O–H groups in total. The molecule has 0 aliphatic carbocycles. The Morgan fingerprint density at radius 1 is 1.34 bits per heavy atom. The number of pyridine rings is 1. The first-order valence-corrected chi connectivity index (χ1v) is 10.3. The van der Waals surface area contributed by atoms with Crippen molar-refractivity contribution in [1.82, 2.24) is 20.5 Å². The second kappa shape index (κ2) is 13.9. The van der Waals surface area contributed by atoms with E-state index in [1.54, 1.807) is 17.2 Å². The van der Waals surface area contributed by atoms with Crippen molar-refractivity contribution in [3.05, 3.63) is 22.3 Å². The second-order valence-corrected chi connectivity index (χ2v) is 7.12. The highest BCUT2D eigenvalue weighted by Crippen LogP contribution is 2.22. The van der Waals surface area contributed by atoms with Gasteiger partial charge in [0.05, 0.1) is 23.2 Å². The number of likely N-dealkylation sites (tertiary alicyclic amines) is 1. The average Bonchev–Trinajstić information content (AvgIpc) is 2.67. The number of anilines is 1. The maximum atomic E-state index is 11.8. The number of carbonyl (C=O) groups is 1. The summed E-state index contributed by atoms with van der Waals surface area (Å²) in [6.07, 6.45) is 3.02. The Bertz CT molecular complexity index is 672. The normalized spacial score (nSPS) is 14.8. The van der Waals surface area contributed by atoms with Crippen molar-refractivity contribution >= 4 is 65.0 Å². The van der Waals surface area contributed by atoms with Gasteiger partial charge in [-0.2, -0.15) is 0 Å². The third-order valence-electron chi connectivity index (χ3n) is 4.19. The van der Waals surface area contributed by atoms with Crippen molar-refractivity contribution in [2.45, 2.75) is 32.7 Å². The third kappa shape index (κ3) is 9.00. The molecule has 0 unspecified atom stereocenters. The molecule has 0 spiro atoms. The highest BCUT2D eigenvalue weighted by molar-refractivity contribution is 14.0. The van der Waals surface area contributed by atoms with Crippen LogP contribution in [0.4, 0.5) is 10.6 Å². The molecule has 1 saturated heterocycles. The van der Waals surface area contributed by atoms with Crippen LogP contribution in [-0.4, -0.2) is 67.3 Å². The zero-order chi connectivity index (χ0) is 20.4. The molecule has 0 aromatic carbocycles. The zero-order valence-corrected chi connectivity index (χ0v) is 20.6. The highest BCUT2D eigenvalue weighted by Gasteiger charge is 2.23. The topological polar surface area (TPSA) is 90.9 Å². The van der Waals surface area contributed by atoms with E-state index in [2.05, 4.69) is 25.9 Å². The Labute approximate surface area is 199 Å². The standard InChI is InChI=1S/C18H28Cl2N6O2.HI/c1-3-21-17(23-8-7-22-16-15(20)11-13(19)12-24-16)25-14-5-9-26(10-6-14)18(27)28-4-2;/h11-12,14H,3-10H2,1-2H3,(H,22,24)(H2,21,23,25);1H. The van der Waals surface area contributed by atoms with E-state index >= 15 is 0 Å². The van der Waals surface area contributed by atoms with Crippen LogP contribution in [0, 0.1) is 0 Å². The number of halogens is 3. The zero-order valence-electron chi connectivity index (χ0n) is 16.7. The maximum Gasteiger partial charge on any atom is 0.409 e. The van der Waals surface area contributed by atoms with E-state index in [0.29, 0.717) is 48.6 Å². The van der Waals surface area contributed by atoms with Crippen molar-refractivity contribution in [3.8, 4) is 0 Å². The summed E-state index contributed by atoms with van der Waals surface area (Å²) in [4.78, 5) is 22.3. The molecule has 164 valence electrons. The maximum absolute atomic E-state index is 11.8. The summed E-state index contributed by atoms with van der Waals surface area (Å²) in [6, 6.07) is 1.92. The Morgan fingerprint density at radius 3 is 2.69 bits per heavy atom. The number of ether oxygens (including phenoxy) is 1. The monoisotopic (exact) mass is 558 g/mol. The number of nitrogens with zero attached hydrogens (tertiary/aromatic N) is 3. The minimum absolute atomic E-state index is 0. The summed E-state index contributed by atoms with van der Waals surface area (Å²) in [5.74, 6) is 1.35. The molecular weight excluding hydrogens is 530 g/mol. The van der Waals surface area contributed by atoms with Crippen LogP contribution < -0.4 is 16.0 Å². The Kier molecular flexibility index (Phi) is 12.4. The molecule has 1 aliphatic rings. The van der Waals surface area contributed by atoms with Gasteiger partial charge in [0.15, 0.2) is 5.96 Å². The number of piperidine rings is 1. The molecule has 11 heteroatoms. The molecule has 0 saturated carbocycles. The fourth-order valence-electron chi connectivity index (χ4n) is 2.82. The molecule has 2 heterocycles. The number of hydrogen-bond donors (Lipinski definition) is 3. The van der Waals surface area contributed by atoms with Gasteiger partial charge < -0.3 is 25.6 Å². The van der Waals surface area contributed by atoms with E-state index in [0.717, 1.165) is 25.3 Å². The first-order chi connectivity index (χ1) is 13.5. The molecule has 1 fully saturated rings. The Hall–Kier alpha value is -1.20. The average molecular weight is 559 g/mol. The van der Waals surface area contributed by atoms with Gasteiger partial charge in [-0.3, -0.25) is 4.99 Å². The highest BCUT2D eigenvalue weighted by atomic mass is 127. The molecule has 1 aromatic heterocycles. The van der Waals surface area contributed by atoms with Gasteiger partial charge in [0.1, 0.15) is 5.82 Å². The number of amides is 1. The second-order valence-electron chi connectivity index (χ2n) is 6.28. The van der Waals surface area contributed by atoms with Gasteiger partial charge in [-0.1, -0.05) is 23.2 Å². The van der Waals surface area contributed by atoms with E-state index in [1.165, 1.54) is 0 Å². The van der Waals surface area contributed by atoms with E-state index < -0.39 is 0 Å². The summed E-state index contributed by atoms with van der Waals surface area (Å²) in [6.45, 7) is 7.51. The first kappa shape index (κ1) is 25.8. The molecular formula is C18H29Cl2IN6O2. The van der Waals surface area contributed by atoms with Gasteiger partial charge >= 0.3 is 6.09 Å². The quantitative estimate of drug-likeness (QED) is 0.205. The van der Waals surface area contributed by atoms with Gasteiger partial charge in [0.2, 0.25) is 0 Å². The first-order valence-electron chi connectivity index (χ1n) is 9.55. The lowest BCUT2D eigenvalue weighted by molar-refractivity contribution is 0.0963. The van der Waals surface area contributed by atoms with Crippen LogP contribution in [0.2, 0.25) is 10.0 Å². The molecule has 1 amide bonds. The predicted octanol–water partition coefficient (Wildman–Crippen LogP) is 3.59. The lowest BCUT2D eigenvalue weighted by Gasteiger charge is -2.32. The molecule has 0 radical (unpaired) electrons. The van der Waals surface area contributed by atoms with Crippen molar-refractivity contribution in [1.29, 1.82) is 0 Å². The van der Waals surface area contributed by atoms with Crippen molar-refractivity contribution in [3.63, 3.8) is 0 Å². The van der Waals surface area contributed by atoms with Crippen LogP contribution in [0.1, 0.15) is 26.7 Å². The minimum atomic E-state index is -0.234. The van der Waals surface area contributed by atoms with E-state index in [-0.39, 0.29) is 36.1 Å². The van der Waals surface area contributed by atoms with Gasteiger partial charge in [-0.05, 0) is 32.8 Å². The number of hydrogen-bond acceptors (Lipinski definition) is 5. The SMILES string of the molecule is CCNC(=NCCNc1ncc(Cl)cc1Cl)NC1CCN(C(=O)OCC)CC1.I. The van der Waals surface area contributed by atoms with Crippen LogP contribution in [-0.2, 0) is 4.74 Å². The van der Waals surface area contributed by atoms with E-state index in [9.17, 15) is 4.79 Å². The third-order valence-corrected chi connectivity index (χ3v) is 4.68. The van der Waals surface area contributed by atoms with Gasteiger partial charge in [0.25, 0.3) is 0 Å². The van der Waals surface area contributed by atoms with Gasteiger partial charge in [-0.25, -0.2) is 9.78 Å². The number of rotatable bonds is 7. The van der Waals surface area contributed by atoms with Crippen LogP contribution in [0.15, 0.2) is 17.3 Å². The van der Waals surface area contributed by atoms with Crippen LogP contribution in [0.25, 0.3) is 0 Å². The lowest BCUT2D eigenvalue weighted by Crippen LogP contribution is -2.50. The molecule has 1 aliphatic heterocycles. The number of aromatic nitrogens is 1. The molecule has 1 aromatic rings. The van der Waals surface area contributed by atoms with Crippen LogP contribution in [0.3, 0.4) is 0 Å². The van der Waals surface area contributed by atoms with E-state index in [1.807, 2.05) is 13.8 Å². The van der Waals surface area contributed by atoms with Crippen molar-refractivity contribution in [2.75, 3.05) is 44.6 Å². The molecule has 8 nitrogen and oxygen atoms in total. The summed E-state index contributed by atoms with van der Waals surface area (Å²) >= 11 is 11.9. The van der Waals surface area contributed by atoms with Gasteiger partial charge in [0, 0.05) is 38.4 Å². The summed E-state index contributed by atoms with van der Waals surface area (Å²) in [5, 5.41) is 10.8. The smallest absolute Gasteiger partial charge is 0.409 e. The van der Waals surface area contributed by atoms with E-state index in [4.69, 9.17) is 27.9 Å². The predicted molar refractivity (Wildman–Crippen MR) is 129 cm³/mol. The fourth-order valence-corrected chi connectivity index (χ4v) is 3.27. The largest absolute Gasteiger partial charge is 0.450 e. The number of carbonyl (C=O) groups excluding carboxylic acids is 1. The summed E-state index contributed by atoms with van der Waals surface area (Å²) < 4.78 is 5.05. The Balaban J connectivity index is 0.00000420. The van der Waals surface area contributed by atoms with Crippen molar-refractivity contribution in [2.24, 2.45) is 4.99 Å². The van der Waals surface area contributed by atoms with Crippen molar-refractivity contribution < 1.29 is 9.53 Å². The molecule has 29 heavy (non-hydrogen) atoms. The fraction of sp³-hybridized carbons (Fsp3) is 0.611. The minimum Gasteiger partial charge on any atom is -0.450 e. The molecule has 2 rings (SSSR count). The lowest BCUT2D eigenvalue weighted by atomic mass is 10.1.